The molecule has 0 saturated carbocycles. The van der Waals surface area contributed by atoms with Gasteiger partial charge in [-0.2, -0.15) is 0 Å². The topological polar surface area (TPSA) is 3.24 Å². The van der Waals surface area contributed by atoms with Crippen molar-refractivity contribution in [3.8, 4) is 0 Å². The molecule has 1 aromatic carbocycles. The second kappa shape index (κ2) is 7.07. The van der Waals surface area contributed by atoms with Crippen LogP contribution in [0.2, 0.25) is 6.32 Å². The minimum absolute atomic E-state index is 0.418. The van der Waals surface area contributed by atoms with Gasteiger partial charge < -0.3 is 4.81 Å². The average Bonchev–Trinajstić information content (AvgIpc) is 2.35. The molecular weight excluding hydrogens is 193 g/mol. The summed E-state index contributed by atoms with van der Waals surface area (Å²) in [6.45, 7) is 12.2. The maximum absolute atomic E-state index is 3.85. The van der Waals surface area contributed by atoms with Crippen LogP contribution in [0, 0.1) is 0 Å². The van der Waals surface area contributed by atoms with Gasteiger partial charge in [-0.1, -0.05) is 54.9 Å². The Morgan fingerprint density at radius 3 is 2.38 bits per heavy atom. The zero-order chi connectivity index (χ0) is 11.8. The maximum atomic E-state index is 3.85. The molecule has 84 valence electrons. The molecule has 0 N–H and O–H groups in total. The first-order valence-electron chi connectivity index (χ1n) is 5.84. The van der Waals surface area contributed by atoms with E-state index in [0.717, 1.165) is 19.4 Å². The van der Waals surface area contributed by atoms with Gasteiger partial charge in [-0.15, -0.1) is 13.2 Å². The van der Waals surface area contributed by atoms with Crippen LogP contribution < -0.4 is 5.46 Å². The van der Waals surface area contributed by atoms with Crippen molar-refractivity contribution in [2.75, 3.05) is 13.1 Å². The SMILES string of the molecule is C=CCB(c1ccccc1)N(CC)CC=C. The Hall–Kier alpha value is -1.28. The van der Waals surface area contributed by atoms with Crippen molar-refractivity contribution in [1.29, 1.82) is 0 Å². The van der Waals surface area contributed by atoms with Crippen LogP contribution in [0.4, 0.5) is 0 Å². The fourth-order valence-electron chi connectivity index (χ4n) is 1.97. The van der Waals surface area contributed by atoms with E-state index in [1.165, 1.54) is 5.46 Å². The summed E-state index contributed by atoms with van der Waals surface area (Å²) < 4.78 is 0. The molecule has 0 aromatic heterocycles. The van der Waals surface area contributed by atoms with Crippen molar-refractivity contribution < 1.29 is 0 Å². The van der Waals surface area contributed by atoms with Gasteiger partial charge in [0, 0.05) is 6.54 Å². The molecule has 2 heteroatoms. The summed E-state index contributed by atoms with van der Waals surface area (Å²) >= 11 is 0. The van der Waals surface area contributed by atoms with Gasteiger partial charge in [-0.05, 0) is 12.9 Å². The normalized spacial score (nSPS) is 10.1. The summed E-state index contributed by atoms with van der Waals surface area (Å²) in [5.41, 5.74) is 1.35. The molecule has 0 radical (unpaired) electrons. The lowest BCUT2D eigenvalue weighted by molar-refractivity contribution is 0.509. The van der Waals surface area contributed by atoms with Crippen molar-refractivity contribution in [1.82, 2.24) is 4.81 Å². The number of hydrogen-bond acceptors (Lipinski definition) is 1. The molecule has 0 heterocycles. The number of allylic oxidation sites excluding steroid dienone is 1. The van der Waals surface area contributed by atoms with E-state index in [4.69, 9.17) is 0 Å². The van der Waals surface area contributed by atoms with Gasteiger partial charge in [0.2, 0.25) is 0 Å². The first-order chi connectivity index (χ1) is 7.83. The first kappa shape index (κ1) is 12.8. The molecule has 0 saturated heterocycles. The maximum Gasteiger partial charge on any atom is 0.261 e. The fraction of sp³-hybridized carbons (Fsp3) is 0.286. The summed E-state index contributed by atoms with van der Waals surface area (Å²) in [6.07, 6.45) is 4.93. The quantitative estimate of drug-likeness (QED) is 0.497. The van der Waals surface area contributed by atoms with Crippen LogP contribution in [0.15, 0.2) is 55.6 Å². The molecule has 0 aliphatic rings. The molecule has 0 unspecified atom stereocenters. The Balaban J connectivity index is 2.88. The van der Waals surface area contributed by atoms with E-state index in [-0.39, 0.29) is 0 Å². The molecule has 0 amide bonds. The smallest absolute Gasteiger partial charge is 0.261 e. The van der Waals surface area contributed by atoms with Crippen molar-refractivity contribution >= 4 is 12.3 Å². The van der Waals surface area contributed by atoms with Crippen molar-refractivity contribution in [2.45, 2.75) is 13.2 Å². The number of likely N-dealkylation sites (N-methyl/N-ethyl adjacent to an activating group) is 1. The zero-order valence-corrected chi connectivity index (χ0v) is 10.1. The molecule has 0 fully saturated rings. The van der Waals surface area contributed by atoms with Gasteiger partial charge in [-0.3, -0.25) is 0 Å². The highest BCUT2D eigenvalue weighted by Gasteiger charge is 2.21. The highest BCUT2D eigenvalue weighted by Crippen LogP contribution is 2.03. The lowest BCUT2D eigenvalue weighted by atomic mass is 9.51. The second-order valence-corrected chi connectivity index (χ2v) is 3.83. The molecule has 0 atom stereocenters. The number of benzene rings is 1. The fourth-order valence-corrected chi connectivity index (χ4v) is 1.97. The lowest BCUT2D eigenvalue weighted by Gasteiger charge is -2.26. The second-order valence-electron chi connectivity index (χ2n) is 3.83. The van der Waals surface area contributed by atoms with Gasteiger partial charge in [0.05, 0.1) is 0 Å². The number of rotatable bonds is 7. The van der Waals surface area contributed by atoms with Crippen molar-refractivity contribution in [3.63, 3.8) is 0 Å². The van der Waals surface area contributed by atoms with Crippen LogP contribution in [-0.2, 0) is 0 Å². The Labute approximate surface area is 99.6 Å². The van der Waals surface area contributed by atoms with E-state index in [0.29, 0.717) is 6.85 Å². The van der Waals surface area contributed by atoms with Crippen molar-refractivity contribution in [3.05, 3.63) is 55.6 Å². The monoisotopic (exact) mass is 213 g/mol. The van der Waals surface area contributed by atoms with Gasteiger partial charge in [0.15, 0.2) is 0 Å². The summed E-state index contributed by atoms with van der Waals surface area (Å²) in [4.78, 5) is 2.41. The van der Waals surface area contributed by atoms with Crippen LogP contribution in [0.1, 0.15) is 6.92 Å². The molecule has 1 rings (SSSR count). The molecule has 0 spiro atoms. The van der Waals surface area contributed by atoms with Crippen LogP contribution in [-0.4, -0.2) is 24.7 Å². The molecule has 0 aliphatic carbocycles. The van der Waals surface area contributed by atoms with E-state index in [1.54, 1.807) is 0 Å². The molecule has 1 nitrogen and oxygen atoms in total. The predicted molar refractivity (Wildman–Crippen MR) is 74.3 cm³/mol. The summed E-state index contributed by atoms with van der Waals surface area (Å²) in [5, 5.41) is 0. The third-order valence-corrected chi connectivity index (χ3v) is 2.78. The lowest BCUT2D eigenvalue weighted by Crippen LogP contribution is -2.47. The standard InChI is InChI=1S/C14H20BN/c1-4-12-15(16(6-3)13-5-2)14-10-8-7-9-11-14/h4-5,7-11H,1-2,6,12-13H2,3H3. The van der Waals surface area contributed by atoms with Gasteiger partial charge in [0.1, 0.15) is 0 Å². The third-order valence-electron chi connectivity index (χ3n) is 2.78. The Kier molecular flexibility index (Phi) is 5.66. The highest BCUT2D eigenvalue weighted by atomic mass is 15.0. The first-order valence-corrected chi connectivity index (χ1v) is 5.84. The number of nitrogens with zero attached hydrogens (tertiary/aromatic N) is 1. The largest absolute Gasteiger partial charge is 0.335 e. The van der Waals surface area contributed by atoms with Crippen LogP contribution in [0.5, 0.6) is 0 Å². The highest BCUT2D eigenvalue weighted by molar-refractivity contribution is 6.71. The van der Waals surface area contributed by atoms with Gasteiger partial charge in [-0.25, -0.2) is 0 Å². The Morgan fingerprint density at radius 1 is 1.19 bits per heavy atom. The van der Waals surface area contributed by atoms with Crippen molar-refractivity contribution in [2.24, 2.45) is 0 Å². The third kappa shape index (κ3) is 3.39. The summed E-state index contributed by atoms with van der Waals surface area (Å²) in [6, 6.07) is 10.6. The van der Waals surface area contributed by atoms with Crippen LogP contribution >= 0.6 is 0 Å². The van der Waals surface area contributed by atoms with Crippen LogP contribution in [0.3, 0.4) is 0 Å². The minimum Gasteiger partial charge on any atom is -0.335 e. The van der Waals surface area contributed by atoms with E-state index in [2.05, 4.69) is 55.2 Å². The minimum atomic E-state index is 0.418. The summed E-state index contributed by atoms with van der Waals surface area (Å²) in [5.74, 6) is 0. The van der Waals surface area contributed by atoms with E-state index >= 15 is 0 Å². The molecule has 16 heavy (non-hydrogen) atoms. The Morgan fingerprint density at radius 2 is 1.88 bits per heavy atom. The van der Waals surface area contributed by atoms with Gasteiger partial charge >= 0.3 is 0 Å². The summed E-state index contributed by atoms with van der Waals surface area (Å²) in [7, 11) is 0. The van der Waals surface area contributed by atoms with E-state index in [1.807, 2.05) is 12.2 Å². The van der Waals surface area contributed by atoms with Crippen LogP contribution in [0.25, 0.3) is 0 Å². The van der Waals surface area contributed by atoms with Gasteiger partial charge in [0.25, 0.3) is 6.85 Å². The molecule has 1 aromatic rings. The van der Waals surface area contributed by atoms with E-state index in [9.17, 15) is 0 Å². The Bertz CT molecular complexity index is 321. The van der Waals surface area contributed by atoms with E-state index < -0.39 is 0 Å². The molecular formula is C14H20BN. The average molecular weight is 213 g/mol. The zero-order valence-electron chi connectivity index (χ0n) is 10.1. The number of hydrogen-bond donors (Lipinski definition) is 0. The molecule has 0 bridgehead atoms. The predicted octanol–water partition coefficient (Wildman–Crippen LogP) is 2.58. The molecule has 0 aliphatic heterocycles.